The Bertz CT molecular complexity index is 62.1. The van der Waals surface area contributed by atoms with Crippen LogP contribution in [0.15, 0.2) is 0 Å². The van der Waals surface area contributed by atoms with E-state index in [4.69, 9.17) is 0 Å². The number of hydrogen-bond acceptors (Lipinski definition) is 0. The van der Waals surface area contributed by atoms with Gasteiger partial charge in [-0.05, 0) is 31.8 Å². The van der Waals surface area contributed by atoms with Crippen LogP contribution in [-0.2, 0) is 0 Å². The lowest BCUT2D eigenvalue weighted by molar-refractivity contribution is 0.949. The van der Waals surface area contributed by atoms with Crippen LogP contribution >= 0.6 is 7.92 Å². The molecule has 1 saturated heterocycles. The molecule has 0 aromatic rings. The smallest absolute Gasteiger partial charge is 0 e. The fourth-order valence-corrected chi connectivity index (χ4v) is 2.63. The van der Waals surface area contributed by atoms with Gasteiger partial charge in [0.2, 0.25) is 0 Å². The van der Waals surface area contributed by atoms with E-state index in [-0.39, 0.29) is 303 Å². The van der Waals surface area contributed by atoms with Crippen LogP contribution in [0.1, 0.15) is 12.8 Å². The SMILES string of the molecule is CP1CCCC1.[B].[B].[B].[B].[B].[B].[B].[B].[B].[B].[B].[B].[B].[B].[B].[B].[B].[B].[B].[B].[B].[B].[B].[B].[B].[B].[B].[B].[B].[B].[B].[B].[B].[B].[B].[B]. The molecule has 0 aliphatic carbocycles. The highest BCUT2D eigenvalue weighted by atomic mass is 31.1. The Labute approximate surface area is 340 Å². The van der Waals surface area contributed by atoms with Crippen LogP contribution in [0.2, 0.25) is 0 Å². The van der Waals surface area contributed by atoms with E-state index in [1.54, 1.807) is 12.3 Å². The van der Waals surface area contributed by atoms with Crippen molar-refractivity contribution in [1.82, 2.24) is 0 Å². The molecule has 0 amide bonds. The molecule has 1 aliphatic rings. The summed E-state index contributed by atoms with van der Waals surface area (Å²) in [6.07, 6.45) is 6.13. The molecule has 42 heavy (non-hydrogen) atoms. The first-order valence-electron chi connectivity index (χ1n) is 2.58. The Balaban J connectivity index is -0.000000000294. The molecular weight excluding hydrogens is 480 g/mol. The van der Waals surface area contributed by atoms with E-state index in [1.165, 1.54) is 12.8 Å². The monoisotopic (exact) mass is 498 g/mol. The van der Waals surface area contributed by atoms with Crippen molar-refractivity contribution in [1.29, 1.82) is 0 Å². The van der Waals surface area contributed by atoms with Crippen molar-refractivity contribution in [3.8, 4) is 0 Å². The summed E-state index contributed by atoms with van der Waals surface area (Å²) in [5.41, 5.74) is 0. The van der Waals surface area contributed by atoms with Crippen molar-refractivity contribution >= 4 is 311 Å². The zero-order valence-electron chi connectivity index (χ0n) is 25.1. The second-order valence-corrected chi connectivity index (χ2v) is 4.62. The molecule has 1 heterocycles. The van der Waals surface area contributed by atoms with Crippen LogP contribution in [0.3, 0.4) is 0 Å². The fraction of sp³-hybridized carbons (Fsp3) is 1.00. The molecule has 0 aromatic carbocycles. The lowest BCUT2D eigenvalue weighted by Crippen LogP contribution is -1.65. The second-order valence-electron chi connectivity index (χ2n) is 2.01. The summed E-state index contributed by atoms with van der Waals surface area (Å²) in [5, 5.41) is 0. The fourth-order valence-electron chi connectivity index (χ4n) is 0.875. The molecular formula is C5H11B36P. The predicted octanol–water partition coefficient (Wildman–Crippen LogP) is -11.8. The molecule has 0 aromatic heterocycles. The standard InChI is InChI=1S/C5H11P.36B/c1-6-4-2-3-5-6;;;;;;;;;;;;;;;;;;;;;;;;;;;;;;;;;;;;/h2-5H2,1H3;;;;;;;;;;;;;;;;;;;;;;;;;;;;;;;;;;;;. The minimum Gasteiger partial charge on any atom is -0.110 e. The Hall–Kier alpha value is 2.77. The molecule has 1 fully saturated rings. The van der Waals surface area contributed by atoms with Crippen molar-refractivity contribution in [2.24, 2.45) is 0 Å². The number of hydrogen-bond donors (Lipinski definition) is 0. The minimum absolute atomic E-state index is 0. The lowest BCUT2D eigenvalue weighted by Gasteiger charge is -1.93. The van der Waals surface area contributed by atoms with E-state index in [0.717, 1.165) is 0 Å². The van der Waals surface area contributed by atoms with E-state index >= 15 is 0 Å². The minimum atomic E-state index is 0. The summed E-state index contributed by atoms with van der Waals surface area (Å²) in [6, 6.07) is 0. The van der Waals surface area contributed by atoms with Crippen LogP contribution in [0.25, 0.3) is 0 Å². The first-order valence-corrected chi connectivity index (χ1v) is 4.74. The third-order valence-corrected chi connectivity index (χ3v) is 3.49. The van der Waals surface area contributed by atoms with Gasteiger partial charge in [0.15, 0.2) is 0 Å². The lowest BCUT2D eigenvalue weighted by atomic mass is 10.4. The molecule has 0 saturated carbocycles. The second kappa shape index (κ2) is 839. The highest BCUT2D eigenvalue weighted by Gasteiger charge is 2.06. The summed E-state index contributed by atoms with van der Waals surface area (Å²) in [4.78, 5) is 0. The van der Waals surface area contributed by atoms with Crippen molar-refractivity contribution in [2.75, 3.05) is 19.0 Å². The maximum absolute atomic E-state index is 2.41. The summed E-state index contributed by atoms with van der Waals surface area (Å²) >= 11 is 0. The van der Waals surface area contributed by atoms with Gasteiger partial charge >= 0.3 is 0 Å². The molecule has 0 N–H and O–H groups in total. The molecule has 0 atom stereocenters. The van der Waals surface area contributed by atoms with Gasteiger partial charge in [-0.2, -0.15) is 0 Å². The molecule has 0 unspecified atom stereocenters. The third kappa shape index (κ3) is 782. The van der Waals surface area contributed by atoms with Gasteiger partial charge in [0.25, 0.3) is 0 Å². The summed E-state index contributed by atoms with van der Waals surface area (Å²) in [5.74, 6) is 0. The zero-order chi connectivity index (χ0) is 4.41. The summed E-state index contributed by atoms with van der Waals surface area (Å²) < 4.78 is 0. The molecule has 1 rings (SSSR count). The van der Waals surface area contributed by atoms with E-state index < -0.39 is 0 Å². The summed E-state index contributed by atoms with van der Waals surface area (Å²) in [6.45, 7) is 2.41. The molecule has 0 nitrogen and oxygen atoms in total. The van der Waals surface area contributed by atoms with Crippen molar-refractivity contribution in [2.45, 2.75) is 12.8 Å². The van der Waals surface area contributed by atoms with Crippen LogP contribution in [0.4, 0.5) is 0 Å². The average Bonchev–Trinajstić information content (AvgIpc) is 1.86. The van der Waals surface area contributed by atoms with E-state index in [9.17, 15) is 0 Å². The molecule has 37 heteroatoms. The van der Waals surface area contributed by atoms with Gasteiger partial charge < -0.3 is 0 Å². The Morgan fingerprint density at radius 3 is 0.286 bits per heavy atom. The zero-order valence-corrected chi connectivity index (χ0v) is 26.0. The first kappa shape index (κ1) is 1120. The van der Waals surface area contributed by atoms with Gasteiger partial charge in [-0.15, -0.1) is 7.92 Å². The van der Waals surface area contributed by atoms with Crippen molar-refractivity contribution in [3.05, 3.63) is 0 Å². The predicted molar refractivity (Wildman–Crippen MR) is 239 cm³/mol. The van der Waals surface area contributed by atoms with Gasteiger partial charge in [-0.1, -0.05) is 0 Å². The van der Waals surface area contributed by atoms with Gasteiger partial charge in [-0.25, -0.2) is 0 Å². The molecule has 0 spiro atoms. The first-order chi connectivity index (χ1) is 2.89. The molecule has 108 radical (unpaired) electrons. The van der Waals surface area contributed by atoms with Gasteiger partial charge in [0, 0.05) is 303 Å². The van der Waals surface area contributed by atoms with Crippen LogP contribution in [-0.4, -0.2) is 322 Å². The summed E-state index contributed by atoms with van der Waals surface area (Å²) in [7, 11) is 0.535. The van der Waals surface area contributed by atoms with Gasteiger partial charge in [0.05, 0.1) is 0 Å². The van der Waals surface area contributed by atoms with Crippen LogP contribution < -0.4 is 0 Å². The van der Waals surface area contributed by atoms with Crippen molar-refractivity contribution in [3.63, 3.8) is 0 Å². The van der Waals surface area contributed by atoms with Gasteiger partial charge in [0.1, 0.15) is 0 Å². The van der Waals surface area contributed by atoms with E-state index in [2.05, 4.69) is 6.66 Å². The maximum atomic E-state index is 2.41. The highest BCUT2D eigenvalue weighted by Crippen LogP contribution is 2.38. The van der Waals surface area contributed by atoms with Crippen molar-refractivity contribution < 1.29 is 0 Å². The maximum Gasteiger partial charge on any atom is 0 e. The Kier molecular flexibility index (Phi) is 22300. The topological polar surface area (TPSA) is 0 Å². The normalized spacial score (nSPS) is 3.64. The molecule has 144 valence electrons. The largest absolute Gasteiger partial charge is 0.110 e. The quantitative estimate of drug-likeness (QED) is 0.234. The van der Waals surface area contributed by atoms with E-state index in [1.807, 2.05) is 0 Å². The number of rotatable bonds is 0. The highest BCUT2D eigenvalue weighted by molar-refractivity contribution is 7.57. The Morgan fingerprint density at radius 1 is 0.190 bits per heavy atom. The molecule has 1 aliphatic heterocycles. The Morgan fingerprint density at radius 2 is 0.262 bits per heavy atom. The van der Waals surface area contributed by atoms with Crippen LogP contribution in [0.5, 0.6) is 0 Å². The molecule has 0 bridgehead atoms. The average molecular weight is 491 g/mol. The third-order valence-electron chi connectivity index (χ3n) is 1.33. The van der Waals surface area contributed by atoms with Gasteiger partial charge in [-0.3, -0.25) is 0 Å². The van der Waals surface area contributed by atoms with E-state index in [0.29, 0.717) is 7.92 Å². The van der Waals surface area contributed by atoms with Crippen LogP contribution in [0, 0.1) is 0 Å².